The highest BCUT2D eigenvalue weighted by molar-refractivity contribution is 7.90. The number of hydrogen-bond donors (Lipinski definition) is 0. The Bertz CT molecular complexity index is 1020. The first kappa shape index (κ1) is 21.4. The van der Waals surface area contributed by atoms with E-state index in [1.165, 1.54) is 17.0 Å². The highest BCUT2D eigenvalue weighted by Crippen LogP contribution is 2.22. The maximum atomic E-state index is 12.5. The van der Waals surface area contributed by atoms with Crippen molar-refractivity contribution in [2.24, 2.45) is 0 Å². The molecule has 0 aliphatic carbocycles. The van der Waals surface area contributed by atoms with Gasteiger partial charge in [0.05, 0.1) is 28.0 Å². The number of nitrogens with zero attached hydrogens (tertiary/aromatic N) is 2. The van der Waals surface area contributed by atoms with Crippen molar-refractivity contribution in [2.75, 3.05) is 24.3 Å². The van der Waals surface area contributed by atoms with Crippen LogP contribution in [0.25, 0.3) is 0 Å². The molecule has 7 nitrogen and oxygen atoms in total. The number of benzene rings is 2. The van der Waals surface area contributed by atoms with Gasteiger partial charge in [0.15, 0.2) is 16.4 Å². The minimum Gasteiger partial charge on any atom is -0.452 e. The normalized spacial score (nSPS) is 10.8. The number of nitriles is 1. The largest absolute Gasteiger partial charge is 0.452 e. The number of carbonyl (C=O) groups is 2. The summed E-state index contributed by atoms with van der Waals surface area (Å²) in [6.45, 7) is -0.445. The molecular weight excluding hydrogens is 404 g/mol. The number of amides is 1. The number of esters is 1. The summed E-state index contributed by atoms with van der Waals surface area (Å²) in [6, 6.07) is 14.3. The molecule has 0 spiro atoms. The molecule has 0 fully saturated rings. The molecule has 0 radical (unpaired) electrons. The van der Waals surface area contributed by atoms with Gasteiger partial charge in [0.2, 0.25) is 0 Å². The number of halogens is 1. The number of ether oxygens (including phenoxy) is 1. The van der Waals surface area contributed by atoms with E-state index in [1.54, 1.807) is 30.3 Å². The highest BCUT2D eigenvalue weighted by Gasteiger charge is 2.20. The third-order valence-electron chi connectivity index (χ3n) is 3.73. The molecule has 0 aliphatic rings. The maximum Gasteiger partial charge on any atom is 0.340 e. The topological polar surface area (TPSA) is 105 Å². The van der Waals surface area contributed by atoms with Gasteiger partial charge in [-0.05, 0) is 30.3 Å². The average Bonchev–Trinajstić information content (AvgIpc) is 2.66. The van der Waals surface area contributed by atoms with E-state index in [2.05, 4.69) is 0 Å². The molecule has 0 atom stereocenters. The zero-order valence-electron chi connectivity index (χ0n) is 15.0. The molecule has 0 saturated carbocycles. The Labute approximate surface area is 168 Å². The van der Waals surface area contributed by atoms with Crippen LogP contribution in [-0.4, -0.2) is 39.7 Å². The summed E-state index contributed by atoms with van der Waals surface area (Å²) in [4.78, 5) is 26.1. The zero-order chi connectivity index (χ0) is 20.7. The van der Waals surface area contributed by atoms with E-state index in [9.17, 15) is 18.0 Å². The lowest BCUT2D eigenvalue weighted by molar-refractivity contribution is -0.121. The third-order valence-corrected chi connectivity index (χ3v) is 5.17. The lowest BCUT2D eigenvalue weighted by Gasteiger charge is -2.21. The van der Waals surface area contributed by atoms with Crippen molar-refractivity contribution in [3.05, 3.63) is 59.1 Å². The fraction of sp³-hybridized carbons (Fsp3) is 0.211. The summed E-state index contributed by atoms with van der Waals surface area (Å²) in [5.41, 5.74) is 0.414. The number of hydrogen-bond acceptors (Lipinski definition) is 6. The number of carbonyl (C=O) groups excluding carboxylic acids is 2. The quantitative estimate of drug-likeness (QED) is 0.638. The molecule has 0 saturated heterocycles. The fourth-order valence-corrected chi connectivity index (χ4v) is 3.18. The molecule has 0 aliphatic heterocycles. The Morgan fingerprint density at radius 3 is 2.46 bits per heavy atom. The van der Waals surface area contributed by atoms with Crippen LogP contribution in [0.1, 0.15) is 16.8 Å². The molecular formula is C19H17ClN2O5S. The molecule has 2 aromatic rings. The van der Waals surface area contributed by atoms with Crippen LogP contribution in [0.15, 0.2) is 53.4 Å². The number of rotatable bonds is 7. The molecule has 2 rings (SSSR count). The molecule has 0 aromatic heterocycles. The van der Waals surface area contributed by atoms with Crippen LogP contribution in [0, 0.1) is 11.3 Å². The van der Waals surface area contributed by atoms with E-state index in [4.69, 9.17) is 21.6 Å². The molecule has 2 aromatic carbocycles. The highest BCUT2D eigenvalue weighted by atomic mass is 35.5. The van der Waals surface area contributed by atoms with Gasteiger partial charge in [-0.2, -0.15) is 5.26 Å². The average molecular weight is 421 g/mol. The second kappa shape index (κ2) is 9.35. The first-order valence-corrected chi connectivity index (χ1v) is 10.4. The van der Waals surface area contributed by atoms with Crippen molar-refractivity contribution in [3.8, 4) is 6.07 Å². The van der Waals surface area contributed by atoms with Crippen LogP contribution < -0.4 is 4.90 Å². The summed E-state index contributed by atoms with van der Waals surface area (Å²) < 4.78 is 28.3. The van der Waals surface area contributed by atoms with Gasteiger partial charge in [-0.3, -0.25) is 4.79 Å². The first-order chi connectivity index (χ1) is 13.2. The SMILES string of the molecule is CS(=O)(=O)c1ccc(Cl)c(C(=O)OCC(=O)N(CCC#N)c2ccccc2)c1. The fourth-order valence-electron chi connectivity index (χ4n) is 2.34. The predicted molar refractivity (Wildman–Crippen MR) is 104 cm³/mol. The molecule has 146 valence electrons. The van der Waals surface area contributed by atoms with Crippen LogP contribution in [-0.2, 0) is 19.4 Å². The second-order valence-corrected chi connectivity index (χ2v) is 8.20. The lowest BCUT2D eigenvalue weighted by atomic mass is 10.2. The molecule has 0 heterocycles. The molecule has 1 amide bonds. The monoisotopic (exact) mass is 420 g/mol. The Morgan fingerprint density at radius 2 is 1.86 bits per heavy atom. The van der Waals surface area contributed by atoms with Crippen LogP contribution in [0.5, 0.6) is 0 Å². The smallest absolute Gasteiger partial charge is 0.340 e. The van der Waals surface area contributed by atoms with Gasteiger partial charge >= 0.3 is 5.97 Å². The van der Waals surface area contributed by atoms with E-state index in [0.717, 1.165) is 12.3 Å². The number of anilines is 1. The van der Waals surface area contributed by atoms with Crippen molar-refractivity contribution in [1.29, 1.82) is 5.26 Å². The zero-order valence-corrected chi connectivity index (χ0v) is 16.5. The Morgan fingerprint density at radius 1 is 1.18 bits per heavy atom. The van der Waals surface area contributed by atoms with Crippen molar-refractivity contribution in [3.63, 3.8) is 0 Å². The number of sulfone groups is 1. The molecule has 28 heavy (non-hydrogen) atoms. The maximum absolute atomic E-state index is 12.5. The molecule has 9 heteroatoms. The van der Waals surface area contributed by atoms with E-state index in [1.807, 2.05) is 6.07 Å². The van der Waals surface area contributed by atoms with Gasteiger partial charge < -0.3 is 9.64 Å². The standard InChI is InChI=1S/C19H17ClN2O5S/c1-28(25,26)15-8-9-17(20)16(12-15)19(24)27-13-18(23)22(11-5-10-21)14-6-3-2-4-7-14/h2-4,6-9,12H,5,11,13H2,1H3. The van der Waals surface area contributed by atoms with Crippen molar-refractivity contribution in [2.45, 2.75) is 11.3 Å². The Kier molecular flexibility index (Phi) is 7.15. The molecule has 0 bridgehead atoms. The van der Waals surface area contributed by atoms with E-state index >= 15 is 0 Å². The molecule has 0 N–H and O–H groups in total. The van der Waals surface area contributed by atoms with Crippen molar-refractivity contribution in [1.82, 2.24) is 0 Å². The van der Waals surface area contributed by atoms with Crippen LogP contribution in [0.4, 0.5) is 5.69 Å². The Hall–Kier alpha value is -2.89. The van der Waals surface area contributed by atoms with Gasteiger partial charge in [-0.15, -0.1) is 0 Å². The van der Waals surface area contributed by atoms with Crippen LogP contribution in [0.2, 0.25) is 5.02 Å². The van der Waals surface area contributed by atoms with Gasteiger partial charge in [-0.1, -0.05) is 29.8 Å². The van der Waals surface area contributed by atoms with E-state index < -0.39 is 28.3 Å². The van der Waals surface area contributed by atoms with Crippen molar-refractivity contribution >= 4 is 39.0 Å². The Balaban J connectivity index is 2.14. The minimum atomic E-state index is -3.54. The van der Waals surface area contributed by atoms with Crippen LogP contribution >= 0.6 is 11.6 Å². The molecule has 0 unspecified atom stereocenters. The van der Waals surface area contributed by atoms with E-state index in [0.29, 0.717) is 5.69 Å². The summed E-state index contributed by atoms with van der Waals surface area (Å²) in [5.74, 6) is -1.44. The lowest BCUT2D eigenvalue weighted by Crippen LogP contribution is -2.35. The van der Waals surface area contributed by atoms with Gasteiger partial charge in [0, 0.05) is 18.5 Å². The predicted octanol–water partition coefficient (Wildman–Crippen LogP) is 2.85. The summed E-state index contributed by atoms with van der Waals surface area (Å²) in [7, 11) is -3.54. The summed E-state index contributed by atoms with van der Waals surface area (Å²) in [5, 5.41) is 8.80. The van der Waals surface area contributed by atoms with Gasteiger partial charge in [0.25, 0.3) is 5.91 Å². The van der Waals surface area contributed by atoms with Gasteiger partial charge in [0.1, 0.15) is 0 Å². The first-order valence-electron chi connectivity index (χ1n) is 8.13. The third kappa shape index (κ3) is 5.55. The van der Waals surface area contributed by atoms with Crippen LogP contribution in [0.3, 0.4) is 0 Å². The van der Waals surface area contributed by atoms with E-state index in [-0.39, 0.29) is 28.4 Å². The minimum absolute atomic E-state index is 0.00856. The summed E-state index contributed by atoms with van der Waals surface area (Å²) in [6.07, 6.45) is 1.11. The second-order valence-electron chi connectivity index (χ2n) is 5.78. The summed E-state index contributed by atoms with van der Waals surface area (Å²) >= 11 is 5.96. The number of para-hydroxylation sites is 1. The van der Waals surface area contributed by atoms with Crippen molar-refractivity contribution < 1.29 is 22.7 Å². The van der Waals surface area contributed by atoms with Gasteiger partial charge in [-0.25, -0.2) is 13.2 Å².